The SMILES string of the molecule is CC1SC(c2ccc3c(c2)OCO3)OC1=O. The van der Waals surface area contributed by atoms with Crippen LogP contribution in [0.25, 0.3) is 0 Å². The topological polar surface area (TPSA) is 44.8 Å². The van der Waals surface area contributed by atoms with Crippen molar-refractivity contribution in [2.24, 2.45) is 0 Å². The number of cyclic esters (lactones) is 1. The van der Waals surface area contributed by atoms with Crippen LogP contribution in [0, 0.1) is 0 Å². The number of carbonyl (C=O) groups is 1. The molecule has 4 nitrogen and oxygen atoms in total. The fourth-order valence-electron chi connectivity index (χ4n) is 1.68. The molecule has 2 aliphatic heterocycles. The van der Waals surface area contributed by atoms with Crippen molar-refractivity contribution in [3.05, 3.63) is 23.8 Å². The van der Waals surface area contributed by atoms with Crippen molar-refractivity contribution in [3.63, 3.8) is 0 Å². The number of esters is 1. The van der Waals surface area contributed by atoms with Gasteiger partial charge in [0.15, 0.2) is 16.9 Å². The van der Waals surface area contributed by atoms with E-state index in [-0.39, 0.29) is 23.4 Å². The fraction of sp³-hybridized carbons (Fsp3) is 0.364. The Morgan fingerprint density at radius 3 is 2.88 bits per heavy atom. The Labute approximate surface area is 96.9 Å². The van der Waals surface area contributed by atoms with Gasteiger partial charge in [0.05, 0.1) is 0 Å². The predicted molar refractivity (Wildman–Crippen MR) is 58.5 cm³/mol. The molecule has 0 aliphatic carbocycles. The first-order chi connectivity index (χ1) is 7.74. The monoisotopic (exact) mass is 238 g/mol. The lowest BCUT2D eigenvalue weighted by molar-refractivity contribution is -0.142. The molecule has 2 heterocycles. The van der Waals surface area contributed by atoms with Gasteiger partial charge >= 0.3 is 5.97 Å². The molecule has 0 N–H and O–H groups in total. The first-order valence-corrected chi connectivity index (χ1v) is 5.94. The van der Waals surface area contributed by atoms with E-state index in [0.29, 0.717) is 5.75 Å². The summed E-state index contributed by atoms with van der Waals surface area (Å²) in [5.41, 5.74) is 0.712. The van der Waals surface area contributed by atoms with Gasteiger partial charge in [0.1, 0.15) is 5.25 Å². The zero-order valence-electron chi connectivity index (χ0n) is 8.64. The molecule has 5 heteroatoms. The number of rotatable bonds is 1. The van der Waals surface area contributed by atoms with Gasteiger partial charge in [0, 0.05) is 5.56 Å². The maximum atomic E-state index is 11.3. The molecular weight excluding hydrogens is 228 g/mol. The van der Waals surface area contributed by atoms with Crippen molar-refractivity contribution >= 4 is 17.7 Å². The average molecular weight is 238 g/mol. The van der Waals surface area contributed by atoms with E-state index in [2.05, 4.69) is 0 Å². The van der Waals surface area contributed by atoms with Crippen molar-refractivity contribution < 1.29 is 19.0 Å². The molecule has 84 valence electrons. The summed E-state index contributed by atoms with van der Waals surface area (Å²) < 4.78 is 15.7. The van der Waals surface area contributed by atoms with Crippen LogP contribution in [0.3, 0.4) is 0 Å². The first-order valence-electron chi connectivity index (χ1n) is 4.99. The molecular formula is C11H10O4S. The van der Waals surface area contributed by atoms with E-state index in [0.717, 1.165) is 11.3 Å². The molecule has 1 fully saturated rings. The number of ether oxygens (including phenoxy) is 3. The molecule has 0 saturated carbocycles. The highest BCUT2D eigenvalue weighted by Gasteiger charge is 2.33. The Kier molecular flexibility index (Phi) is 2.21. The maximum absolute atomic E-state index is 11.3. The van der Waals surface area contributed by atoms with Crippen molar-refractivity contribution in [3.8, 4) is 11.5 Å². The Bertz CT molecular complexity index is 446. The number of benzene rings is 1. The largest absolute Gasteiger partial charge is 0.454 e. The normalized spacial score (nSPS) is 26.9. The second-order valence-electron chi connectivity index (χ2n) is 3.66. The van der Waals surface area contributed by atoms with E-state index in [1.165, 1.54) is 11.8 Å². The lowest BCUT2D eigenvalue weighted by Crippen LogP contribution is -2.06. The molecule has 1 aromatic carbocycles. The van der Waals surface area contributed by atoms with Crippen molar-refractivity contribution in [2.75, 3.05) is 6.79 Å². The van der Waals surface area contributed by atoms with Crippen LogP contribution in [0.4, 0.5) is 0 Å². The summed E-state index contributed by atoms with van der Waals surface area (Å²) in [7, 11) is 0. The van der Waals surface area contributed by atoms with Crippen LogP contribution in [0.5, 0.6) is 11.5 Å². The molecule has 0 amide bonds. The summed E-state index contributed by atoms with van der Waals surface area (Å²) >= 11 is 1.50. The van der Waals surface area contributed by atoms with E-state index in [1.807, 2.05) is 25.1 Å². The summed E-state index contributed by atoms with van der Waals surface area (Å²) in [5, 5.41) is -0.101. The number of fused-ring (bicyclic) bond motifs is 1. The maximum Gasteiger partial charge on any atom is 0.320 e. The zero-order valence-corrected chi connectivity index (χ0v) is 9.45. The van der Waals surface area contributed by atoms with E-state index in [1.54, 1.807) is 0 Å². The van der Waals surface area contributed by atoms with Gasteiger partial charge in [-0.1, -0.05) is 17.8 Å². The molecule has 2 atom stereocenters. The quantitative estimate of drug-likeness (QED) is 0.701. The zero-order chi connectivity index (χ0) is 11.1. The third kappa shape index (κ3) is 1.51. The molecule has 16 heavy (non-hydrogen) atoms. The molecule has 0 bridgehead atoms. The van der Waals surface area contributed by atoms with Crippen LogP contribution in [0.1, 0.15) is 17.9 Å². The Balaban J connectivity index is 1.88. The van der Waals surface area contributed by atoms with Crippen molar-refractivity contribution in [1.82, 2.24) is 0 Å². The standard InChI is InChI=1S/C11H10O4S/c1-6-10(12)15-11(16-6)7-2-3-8-9(4-7)14-5-13-8/h2-4,6,11H,5H2,1H3. The number of carbonyl (C=O) groups excluding carboxylic acids is 1. The van der Waals surface area contributed by atoms with Crippen LogP contribution in [-0.2, 0) is 9.53 Å². The minimum absolute atomic E-state index is 0.101. The Hall–Kier alpha value is -1.36. The van der Waals surface area contributed by atoms with Crippen LogP contribution in [0.2, 0.25) is 0 Å². The van der Waals surface area contributed by atoms with Gasteiger partial charge < -0.3 is 14.2 Å². The predicted octanol–water partition coefficient (Wildman–Crippen LogP) is 2.09. The van der Waals surface area contributed by atoms with Crippen LogP contribution in [-0.4, -0.2) is 18.0 Å². The molecule has 1 aromatic rings. The van der Waals surface area contributed by atoms with E-state index >= 15 is 0 Å². The number of hydrogen-bond donors (Lipinski definition) is 0. The van der Waals surface area contributed by atoms with Gasteiger partial charge in [-0.25, -0.2) is 0 Å². The molecule has 3 rings (SSSR count). The van der Waals surface area contributed by atoms with E-state index in [4.69, 9.17) is 14.2 Å². The number of hydrogen-bond acceptors (Lipinski definition) is 5. The van der Waals surface area contributed by atoms with Gasteiger partial charge in [-0.2, -0.15) is 0 Å². The van der Waals surface area contributed by atoms with Gasteiger partial charge in [0.2, 0.25) is 6.79 Å². The molecule has 2 aliphatic rings. The molecule has 1 saturated heterocycles. The van der Waals surface area contributed by atoms with Gasteiger partial charge in [-0.05, 0) is 19.1 Å². The molecule has 0 spiro atoms. The highest BCUT2D eigenvalue weighted by Crippen LogP contribution is 2.43. The third-order valence-electron chi connectivity index (χ3n) is 2.55. The summed E-state index contributed by atoms with van der Waals surface area (Å²) in [6.07, 6.45) is 0. The summed E-state index contributed by atoms with van der Waals surface area (Å²) in [6.45, 7) is 2.10. The Morgan fingerprint density at radius 1 is 1.31 bits per heavy atom. The van der Waals surface area contributed by atoms with Crippen molar-refractivity contribution in [1.29, 1.82) is 0 Å². The van der Waals surface area contributed by atoms with E-state index in [9.17, 15) is 4.79 Å². The minimum atomic E-state index is -0.225. The average Bonchev–Trinajstić information content (AvgIpc) is 2.85. The van der Waals surface area contributed by atoms with Crippen LogP contribution < -0.4 is 9.47 Å². The smallest absolute Gasteiger partial charge is 0.320 e. The third-order valence-corrected chi connectivity index (χ3v) is 3.77. The summed E-state index contributed by atoms with van der Waals surface area (Å²) in [4.78, 5) is 11.3. The summed E-state index contributed by atoms with van der Waals surface area (Å²) in [5.74, 6) is 1.30. The number of thioether (sulfide) groups is 1. The Morgan fingerprint density at radius 2 is 2.12 bits per heavy atom. The highest BCUT2D eigenvalue weighted by atomic mass is 32.2. The molecule has 0 aromatic heterocycles. The van der Waals surface area contributed by atoms with Crippen LogP contribution >= 0.6 is 11.8 Å². The highest BCUT2D eigenvalue weighted by molar-refractivity contribution is 8.01. The van der Waals surface area contributed by atoms with Gasteiger partial charge in [-0.15, -0.1) is 0 Å². The molecule has 0 radical (unpaired) electrons. The lowest BCUT2D eigenvalue weighted by atomic mass is 10.2. The summed E-state index contributed by atoms with van der Waals surface area (Å²) in [6, 6.07) is 5.61. The second kappa shape index (κ2) is 3.59. The minimum Gasteiger partial charge on any atom is -0.454 e. The van der Waals surface area contributed by atoms with Crippen molar-refractivity contribution in [2.45, 2.75) is 17.6 Å². The van der Waals surface area contributed by atoms with E-state index < -0.39 is 0 Å². The fourth-order valence-corrected chi connectivity index (χ4v) is 2.67. The van der Waals surface area contributed by atoms with Crippen LogP contribution in [0.15, 0.2) is 18.2 Å². The van der Waals surface area contributed by atoms with Gasteiger partial charge in [0.25, 0.3) is 0 Å². The van der Waals surface area contributed by atoms with Gasteiger partial charge in [-0.3, -0.25) is 4.79 Å². The second-order valence-corrected chi connectivity index (χ2v) is 5.07. The molecule has 2 unspecified atom stereocenters. The first kappa shape index (κ1) is 9.84. The lowest BCUT2D eigenvalue weighted by Gasteiger charge is -2.08.